The predicted octanol–water partition coefficient (Wildman–Crippen LogP) is 2.83. The van der Waals surface area contributed by atoms with E-state index in [4.69, 9.17) is 4.74 Å². The molecule has 2 aromatic rings. The molecule has 0 spiro atoms. The van der Waals surface area contributed by atoms with Crippen LogP contribution < -0.4 is 5.32 Å². The minimum atomic E-state index is -0.837. The van der Waals surface area contributed by atoms with Crippen molar-refractivity contribution in [3.8, 4) is 11.1 Å². The van der Waals surface area contributed by atoms with Gasteiger partial charge in [-0.15, -0.1) is 0 Å². The van der Waals surface area contributed by atoms with Gasteiger partial charge < -0.3 is 14.8 Å². The molecule has 1 amide bonds. The van der Waals surface area contributed by atoms with Gasteiger partial charge in [-0.3, -0.25) is 4.79 Å². The van der Waals surface area contributed by atoms with E-state index in [0.29, 0.717) is 0 Å². The quantitative estimate of drug-likeness (QED) is 0.812. The van der Waals surface area contributed by atoms with Gasteiger partial charge in [0.2, 0.25) is 5.91 Å². The van der Waals surface area contributed by atoms with Crippen molar-refractivity contribution < 1.29 is 19.1 Å². The summed E-state index contributed by atoms with van der Waals surface area (Å²) in [5.74, 6) is -1.32. The maximum absolute atomic E-state index is 13.0. The summed E-state index contributed by atoms with van der Waals surface area (Å²) in [5.41, 5.74) is 3.89. The number of ether oxygens (including phenoxy) is 1. The van der Waals surface area contributed by atoms with Gasteiger partial charge in [0.25, 0.3) is 0 Å². The monoisotopic (exact) mass is 351 g/mol. The van der Waals surface area contributed by atoms with Crippen molar-refractivity contribution in [2.45, 2.75) is 31.7 Å². The van der Waals surface area contributed by atoms with Crippen LogP contribution >= 0.6 is 0 Å². The molecule has 0 saturated heterocycles. The largest absolute Gasteiger partial charge is 0.467 e. The molecule has 0 unspecified atom stereocenters. The number of carbonyl (C=O) groups excluding carboxylic acids is 3. The Morgan fingerprint density at radius 1 is 1.00 bits per heavy atom. The molecule has 0 bridgehead atoms. The molecule has 134 valence electrons. The summed E-state index contributed by atoms with van der Waals surface area (Å²) < 4.78 is 4.78. The van der Waals surface area contributed by atoms with Crippen LogP contribution in [0.4, 0.5) is 0 Å². The van der Waals surface area contributed by atoms with Crippen LogP contribution in [0.5, 0.6) is 0 Å². The van der Waals surface area contributed by atoms with E-state index in [1.807, 2.05) is 48.5 Å². The van der Waals surface area contributed by atoms with Crippen LogP contribution in [-0.4, -0.2) is 30.8 Å². The summed E-state index contributed by atoms with van der Waals surface area (Å²) >= 11 is 0. The summed E-state index contributed by atoms with van der Waals surface area (Å²) in [6.07, 6.45) is 0.432. The third-order valence-electron chi connectivity index (χ3n) is 4.68. The first-order chi connectivity index (χ1) is 12.5. The average Bonchev–Trinajstić information content (AvgIpc) is 2.98. The molecule has 0 heterocycles. The van der Waals surface area contributed by atoms with Crippen LogP contribution in [0.1, 0.15) is 36.8 Å². The topological polar surface area (TPSA) is 72.5 Å². The first-order valence-electron chi connectivity index (χ1n) is 8.58. The van der Waals surface area contributed by atoms with E-state index in [-0.39, 0.29) is 24.5 Å². The maximum atomic E-state index is 13.0. The van der Waals surface area contributed by atoms with Crippen molar-refractivity contribution in [2.24, 2.45) is 0 Å². The van der Waals surface area contributed by atoms with E-state index < -0.39 is 17.9 Å². The van der Waals surface area contributed by atoms with Crippen LogP contribution in [0.3, 0.4) is 0 Å². The van der Waals surface area contributed by atoms with Crippen LogP contribution in [0.25, 0.3) is 11.1 Å². The second-order valence-electron chi connectivity index (χ2n) is 6.43. The van der Waals surface area contributed by atoms with Crippen LogP contribution in [0.15, 0.2) is 48.5 Å². The molecule has 2 aromatic carbocycles. The Kier molecular flexibility index (Phi) is 5.16. The van der Waals surface area contributed by atoms with Gasteiger partial charge in [-0.05, 0) is 35.6 Å². The van der Waals surface area contributed by atoms with Gasteiger partial charge in [0.15, 0.2) is 0 Å². The van der Waals surface area contributed by atoms with Crippen molar-refractivity contribution in [3.05, 3.63) is 59.7 Å². The molecule has 3 rings (SSSR count). The minimum absolute atomic E-state index is 0.0373. The Labute approximate surface area is 152 Å². The molecule has 0 fully saturated rings. The number of ketones is 1. The molecule has 5 nitrogen and oxygen atoms in total. The number of esters is 1. The summed E-state index contributed by atoms with van der Waals surface area (Å²) in [5, 5.41) is 2.78. The first kappa shape index (κ1) is 17.9. The van der Waals surface area contributed by atoms with Gasteiger partial charge in [-0.2, -0.15) is 0 Å². The number of amides is 1. The molecule has 1 N–H and O–H groups in total. The van der Waals surface area contributed by atoms with Crippen LogP contribution in [0.2, 0.25) is 0 Å². The van der Waals surface area contributed by atoms with E-state index in [0.717, 1.165) is 22.3 Å². The SMILES string of the molecule is COC(=O)[C@H](CCC(C)=O)NC(=O)C1c2ccccc2-c2ccccc21. The van der Waals surface area contributed by atoms with E-state index in [2.05, 4.69) is 5.32 Å². The lowest BCUT2D eigenvalue weighted by atomic mass is 9.95. The van der Waals surface area contributed by atoms with Gasteiger partial charge in [-0.25, -0.2) is 4.79 Å². The summed E-state index contributed by atoms with van der Waals surface area (Å²) in [6, 6.07) is 14.7. The number of rotatable bonds is 6. The first-order valence-corrected chi connectivity index (χ1v) is 8.58. The lowest BCUT2D eigenvalue weighted by Crippen LogP contribution is -2.43. The number of methoxy groups -OCH3 is 1. The number of Topliss-reactive ketones (excluding diaryl/α,β-unsaturated/α-hetero) is 1. The average molecular weight is 351 g/mol. The van der Waals surface area contributed by atoms with Crippen molar-refractivity contribution in [2.75, 3.05) is 7.11 Å². The van der Waals surface area contributed by atoms with Crippen molar-refractivity contribution in [1.82, 2.24) is 5.32 Å². The lowest BCUT2D eigenvalue weighted by Gasteiger charge is -2.20. The Balaban J connectivity index is 1.89. The van der Waals surface area contributed by atoms with E-state index in [1.165, 1.54) is 14.0 Å². The Morgan fingerprint density at radius 2 is 1.54 bits per heavy atom. The maximum Gasteiger partial charge on any atom is 0.328 e. The zero-order valence-corrected chi connectivity index (χ0v) is 14.8. The third-order valence-corrected chi connectivity index (χ3v) is 4.68. The number of hydrogen-bond acceptors (Lipinski definition) is 4. The lowest BCUT2D eigenvalue weighted by molar-refractivity contribution is -0.145. The predicted molar refractivity (Wildman–Crippen MR) is 97.6 cm³/mol. The molecule has 0 saturated carbocycles. The molecule has 1 atom stereocenters. The number of carbonyl (C=O) groups is 3. The fourth-order valence-electron chi connectivity index (χ4n) is 3.43. The second-order valence-corrected chi connectivity index (χ2v) is 6.43. The molecule has 26 heavy (non-hydrogen) atoms. The number of benzene rings is 2. The highest BCUT2D eigenvalue weighted by atomic mass is 16.5. The van der Waals surface area contributed by atoms with E-state index >= 15 is 0 Å². The van der Waals surface area contributed by atoms with E-state index in [9.17, 15) is 14.4 Å². The van der Waals surface area contributed by atoms with Gasteiger partial charge in [0.05, 0.1) is 13.0 Å². The standard InChI is InChI=1S/C21H21NO4/c1-13(23)11-12-18(21(25)26-2)22-20(24)19-16-9-5-3-7-14(16)15-8-4-6-10-17(15)19/h3-10,18-19H,11-12H2,1-2H3,(H,22,24)/t18-/m0/s1. The Hall–Kier alpha value is -2.95. The highest BCUT2D eigenvalue weighted by molar-refractivity contribution is 5.97. The van der Waals surface area contributed by atoms with Crippen molar-refractivity contribution in [3.63, 3.8) is 0 Å². The fraction of sp³-hybridized carbons (Fsp3) is 0.286. The number of hydrogen-bond donors (Lipinski definition) is 1. The smallest absolute Gasteiger partial charge is 0.328 e. The molecule has 1 aliphatic rings. The zero-order valence-electron chi connectivity index (χ0n) is 14.8. The number of nitrogens with one attached hydrogen (secondary N) is 1. The Bertz CT molecular complexity index is 813. The molecule has 5 heteroatoms. The Morgan fingerprint density at radius 3 is 2.04 bits per heavy atom. The molecular weight excluding hydrogens is 330 g/mol. The zero-order chi connectivity index (χ0) is 18.7. The van der Waals surface area contributed by atoms with Crippen molar-refractivity contribution >= 4 is 17.7 Å². The van der Waals surface area contributed by atoms with Gasteiger partial charge in [-0.1, -0.05) is 48.5 Å². The van der Waals surface area contributed by atoms with Crippen LogP contribution in [-0.2, 0) is 19.1 Å². The summed E-state index contributed by atoms with van der Waals surface area (Å²) in [7, 11) is 1.27. The normalized spacial score (nSPS) is 13.5. The molecule has 1 aliphatic carbocycles. The molecular formula is C21H21NO4. The fourth-order valence-corrected chi connectivity index (χ4v) is 3.43. The highest BCUT2D eigenvalue weighted by Gasteiger charge is 2.35. The van der Waals surface area contributed by atoms with Gasteiger partial charge >= 0.3 is 5.97 Å². The molecule has 0 radical (unpaired) electrons. The van der Waals surface area contributed by atoms with Gasteiger partial charge in [0.1, 0.15) is 11.8 Å². The number of fused-ring (bicyclic) bond motifs is 3. The molecule has 0 aromatic heterocycles. The van der Waals surface area contributed by atoms with Gasteiger partial charge in [0, 0.05) is 6.42 Å². The van der Waals surface area contributed by atoms with E-state index in [1.54, 1.807) is 0 Å². The van der Waals surface area contributed by atoms with Crippen LogP contribution in [0, 0.1) is 0 Å². The summed E-state index contributed by atoms with van der Waals surface area (Å²) in [4.78, 5) is 36.3. The third kappa shape index (κ3) is 3.38. The van der Waals surface area contributed by atoms with Crippen molar-refractivity contribution in [1.29, 1.82) is 0 Å². The summed E-state index contributed by atoms with van der Waals surface area (Å²) in [6.45, 7) is 1.46. The minimum Gasteiger partial charge on any atom is -0.467 e. The second kappa shape index (κ2) is 7.52. The molecule has 0 aliphatic heterocycles. The highest BCUT2D eigenvalue weighted by Crippen LogP contribution is 2.44.